The predicted octanol–water partition coefficient (Wildman–Crippen LogP) is 5.24. The van der Waals surface area contributed by atoms with Gasteiger partial charge in [0.15, 0.2) is 0 Å². The van der Waals surface area contributed by atoms with Crippen molar-refractivity contribution in [3.05, 3.63) is 71.0 Å². The van der Waals surface area contributed by atoms with Crippen LogP contribution in [-0.4, -0.2) is 23.0 Å². The predicted molar refractivity (Wildman–Crippen MR) is 105 cm³/mol. The van der Waals surface area contributed by atoms with Crippen LogP contribution >= 0.6 is 15.9 Å². The van der Waals surface area contributed by atoms with Gasteiger partial charge in [0.1, 0.15) is 12.4 Å². The monoisotopic (exact) mass is 412 g/mol. The summed E-state index contributed by atoms with van der Waals surface area (Å²) in [5.41, 5.74) is 3.35. The molecule has 5 heteroatoms. The Morgan fingerprint density at radius 1 is 1.08 bits per heavy atom. The topological polar surface area (TPSA) is 36.3 Å². The molecule has 0 amide bonds. The van der Waals surface area contributed by atoms with E-state index in [1.165, 1.54) is 0 Å². The summed E-state index contributed by atoms with van der Waals surface area (Å²) in [7, 11) is 0. The van der Waals surface area contributed by atoms with Gasteiger partial charge in [-0.2, -0.15) is 5.10 Å². The molecule has 0 atom stereocenters. The number of ether oxygens (including phenoxy) is 2. The molecule has 134 valence electrons. The molecular weight excluding hydrogens is 392 g/mol. The van der Waals surface area contributed by atoms with Gasteiger partial charge in [0, 0.05) is 29.4 Å². The number of aromatic nitrogens is 2. The van der Waals surface area contributed by atoms with Crippen molar-refractivity contribution in [1.82, 2.24) is 9.78 Å². The van der Waals surface area contributed by atoms with Gasteiger partial charge in [-0.05, 0) is 42.2 Å². The van der Waals surface area contributed by atoms with Crippen molar-refractivity contribution >= 4 is 15.9 Å². The zero-order valence-corrected chi connectivity index (χ0v) is 16.1. The van der Waals surface area contributed by atoms with E-state index in [0.717, 1.165) is 53.0 Å². The van der Waals surface area contributed by atoms with Crippen LogP contribution in [0.2, 0.25) is 0 Å². The highest BCUT2D eigenvalue weighted by Crippen LogP contribution is 2.30. The smallest absolute Gasteiger partial charge is 0.121 e. The minimum absolute atomic E-state index is 0.429. The molecule has 1 aliphatic heterocycles. The molecule has 0 unspecified atom stereocenters. The maximum atomic E-state index is 5.98. The van der Waals surface area contributed by atoms with Crippen LogP contribution in [0, 0.1) is 0 Å². The van der Waals surface area contributed by atoms with Crippen molar-refractivity contribution in [2.24, 2.45) is 0 Å². The third-order valence-electron chi connectivity index (χ3n) is 4.62. The van der Waals surface area contributed by atoms with Gasteiger partial charge in [0.05, 0.1) is 12.2 Å². The van der Waals surface area contributed by atoms with Gasteiger partial charge in [0.25, 0.3) is 0 Å². The van der Waals surface area contributed by atoms with Crippen LogP contribution in [0.1, 0.15) is 24.4 Å². The summed E-state index contributed by atoms with van der Waals surface area (Å²) >= 11 is 3.60. The molecule has 2 heterocycles. The Morgan fingerprint density at radius 3 is 2.69 bits per heavy atom. The maximum absolute atomic E-state index is 5.98. The average molecular weight is 413 g/mol. The summed E-state index contributed by atoms with van der Waals surface area (Å²) < 4.78 is 14.5. The van der Waals surface area contributed by atoms with Gasteiger partial charge in [-0.1, -0.05) is 46.3 Å². The normalized spacial score (nSPS) is 15.1. The Bertz CT molecular complexity index is 857. The number of hydrogen-bond acceptors (Lipinski definition) is 3. The van der Waals surface area contributed by atoms with E-state index in [2.05, 4.69) is 56.2 Å². The molecule has 3 aromatic rings. The molecule has 26 heavy (non-hydrogen) atoms. The maximum Gasteiger partial charge on any atom is 0.121 e. The number of rotatable bonds is 5. The van der Waals surface area contributed by atoms with Crippen molar-refractivity contribution in [3.63, 3.8) is 0 Å². The van der Waals surface area contributed by atoms with E-state index in [0.29, 0.717) is 12.6 Å². The summed E-state index contributed by atoms with van der Waals surface area (Å²) in [6, 6.07) is 16.8. The third kappa shape index (κ3) is 4.17. The highest BCUT2D eigenvalue weighted by Gasteiger charge is 2.17. The van der Waals surface area contributed by atoms with Crippen LogP contribution < -0.4 is 4.74 Å². The van der Waals surface area contributed by atoms with Crippen molar-refractivity contribution < 1.29 is 9.47 Å². The molecule has 0 spiro atoms. The standard InChI is InChI=1S/C21H21BrN2O2/c22-19-10-17(11-21(12-19)26-15-16-4-2-1-3-5-16)18-13-23-24(14-18)20-6-8-25-9-7-20/h1-5,10-14,20H,6-9,15H2. The molecule has 0 bridgehead atoms. The Hall–Kier alpha value is -2.11. The molecule has 1 saturated heterocycles. The van der Waals surface area contributed by atoms with Crippen LogP contribution in [-0.2, 0) is 11.3 Å². The molecule has 0 N–H and O–H groups in total. The molecule has 2 aromatic carbocycles. The summed E-state index contributed by atoms with van der Waals surface area (Å²) in [6.45, 7) is 2.18. The van der Waals surface area contributed by atoms with E-state index >= 15 is 0 Å². The molecule has 4 rings (SSSR count). The van der Waals surface area contributed by atoms with E-state index < -0.39 is 0 Å². The van der Waals surface area contributed by atoms with E-state index in [1.807, 2.05) is 30.5 Å². The first-order valence-corrected chi connectivity index (χ1v) is 9.67. The number of halogens is 1. The van der Waals surface area contributed by atoms with E-state index in [-0.39, 0.29) is 0 Å². The number of benzene rings is 2. The summed E-state index contributed by atoms with van der Waals surface area (Å²) in [5, 5.41) is 4.57. The third-order valence-corrected chi connectivity index (χ3v) is 5.08. The lowest BCUT2D eigenvalue weighted by atomic mass is 10.1. The molecule has 0 radical (unpaired) electrons. The van der Waals surface area contributed by atoms with Gasteiger partial charge < -0.3 is 9.47 Å². The largest absolute Gasteiger partial charge is 0.489 e. The minimum atomic E-state index is 0.429. The van der Waals surface area contributed by atoms with Gasteiger partial charge in [-0.15, -0.1) is 0 Å². The van der Waals surface area contributed by atoms with Crippen LogP contribution in [0.15, 0.2) is 65.4 Å². The minimum Gasteiger partial charge on any atom is -0.489 e. The Balaban J connectivity index is 1.51. The Kier molecular flexibility index (Phi) is 5.37. The summed E-state index contributed by atoms with van der Waals surface area (Å²) in [6.07, 6.45) is 6.09. The van der Waals surface area contributed by atoms with Crippen LogP contribution in [0.5, 0.6) is 5.75 Å². The molecule has 0 saturated carbocycles. The average Bonchev–Trinajstić information content (AvgIpc) is 3.18. The van der Waals surface area contributed by atoms with Crippen molar-refractivity contribution in [2.75, 3.05) is 13.2 Å². The second-order valence-corrected chi connectivity index (χ2v) is 7.42. The summed E-state index contributed by atoms with van der Waals surface area (Å²) in [4.78, 5) is 0. The fourth-order valence-electron chi connectivity index (χ4n) is 3.19. The fraction of sp³-hybridized carbons (Fsp3) is 0.286. The quantitative estimate of drug-likeness (QED) is 0.574. The van der Waals surface area contributed by atoms with Crippen molar-refractivity contribution in [2.45, 2.75) is 25.5 Å². The summed E-state index contributed by atoms with van der Waals surface area (Å²) in [5.74, 6) is 0.844. The van der Waals surface area contributed by atoms with Gasteiger partial charge in [-0.25, -0.2) is 0 Å². The lowest BCUT2D eigenvalue weighted by molar-refractivity contribution is 0.0662. The van der Waals surface area contributed by atoms with E-state index in [9.17, 15) is 0 Å². The molecule has 1 aliphatic rings. The SMILES string of the molecule is Brc1cc(OCc2ccccc2)cc(-c2cnn(C3CCOCC3)c2)c1. The lowest BCUT2D eigenvalue weighted by Gasteiger charge is -2.22. The first kappa shape index (κ1) is 17.3. The highest BCUT2D eigenvalue weighted by atomic mass is 79.9. The zero-order chi connectivity index (χ0) is 17.8. The van der Waals surface area contributed by atoms with Gasteiger partial charge in [-0.3, -0.25) is 4.68 Å². The van der Waals surface area contributed by atoms with Crippen LogP contribution in [0.3, 0.4) is 0 Å². The second-order valence-electron chi connectivity index (χ2n) is 6.50. The fourth-order valence-corrected chi connectivity index (χ4v) is 3.66. The highest BCUT2D eigenvalue weighted by molar-refractivity contribution is 9.10. The molecule has 0 aliphatic carbocycles. The lowest BCUT2D eigenvalue weighted by Crippen LogP contribution is -2.19. The van der Waals surface area contributed by atoms with Gasteiger partial charge >= 0.3 is 0 Å². The molecule has 1 aromatic heterocycles. The van der Waals surface area contributed by atoms with Crippen molar-refractivity contribution in [3.8, 4) is 16.9 Å². The van der Waals surface area contributed by atoms with Gasteiger partial charge in [0.2, 0.25) is 0 Å². The Morgan fingerprint density at radius 2 is 1.88 bits per heavy atom. The number of hydrogen-bond donors (Lipinski definition) is 0. The van der Waals surface area contributed by atoms with E-state index in [1.54, 1.807) is 0 Å². The van der Waals surface area contributed by atoms with Crippen LogP contribution in [0.25, 0.3) is 11.1 Å². The number of nitrogens with zero attached hydrogens (tertiary/aromatic N) is 2. The molecule has 1 fully saturated rings. The first-order valence-electron chi connectivity index (χ1n) is 8.87. The van der Waals surface area contributed by atoms with E-state index in [4.69, 9.17) is 9.47 Å². The molecular formula is C21H21BrN2O2. The second kappa shape index (κ2) is 8.06. The Labute approximate surface area is 161 Å². The zero-order valence-electron chi connectivity index (χ0n) is 14.5. The van der Waals surface area contributed by atoms with Crippen LogP contribution in [0.4, 0.5) is 0 Å². The van der Waals surface area contributed by atoms with Crippen molar-refractivity contribution in [1.29, 1.82) is 0 Å². The molecule has 4 nitrogen and oxygen atoms in total. The first-order chi connectivity index (χ1) is 12.8.